The summed E-state index contributed by atoms with van der Waals surface area (Å²) in [5, 5.41) is 9.83. The number of nitrogens with zero attached hydrogens (tertiary/aromatic N) is 2. The van der Waals surface area contributed by atoms with E-state index in [9.17, 15) is 4.79 Å². The minimum absolute atomic E-state index is 0. The molecule has 0 bridgehead atoms. The van der Waals surface area contributed by atoms with E-state index in [1.807, 2.05) is 22.6 Å². The molecule has 0 aliphatic carbocycles. The van der Waals surface area contributed by atoms with Crippen molar-refractivity contribution in [1.29, 1.82) is 0 Å². The van der Waals surface area contributed by atoms with Gasteiger partial charge in [-0.05, 0) is 18.2 Å². The highest BCUT2D eigenvalue weighted by Crippen LogP contribution is 2.34. The molecule has 0 radical (unpaired) electrons. The van der Waals surface area contributed by atoms with Crippen LogP contribution >= 0.6 is 11.8 Å². The van der Waals surface area contributed by atoms with Crippen molar-refractivity contribution in [2.24, 2.45) is 0 Å². The highest BCUT2D eigenvalue weighted by atomic mass is 32.2. The van der Waals surface area contributed by atoms with Crippen molar-refractivity contribution in [1.82, 2.24) is 9.38 Å². The Balaban J connectivity index is 0.000000963. The number of carboxylic acid groups (broad SMARTS) is 1. The van der Waals surface area contributed by atoms with Crippen LogP contribution in [0.25, 0.3) is 11.7 Å². The Morgan fingerprint density at radius 3 is 3.00 bits per heavy atom. The van der Waals surface area contributed by atoms with Crippen LogP contribution in [0.3, 0.4) is 0 Å². The highest BCUT2D eigenvalue weighted by Gasteiger charge is 2.18. The second kappa shape index (κ2) is 3.66. The second-order valence-electron chi connectivity index (χ2n) is 3.16. The Morgan fingerprint density at radius 1 is 1.44 bits per heavy atom. The van der Waals surface area contributed by atoms with Crippen LogP contribution in [0.4, 0.5) is 0 Å². The first-order valence-corrected chi connectivity index (χ1v) is 5.17. The van der Waals surface area contributed by atoms with Crippen LogP contribution in [0.5, 0.6) is 0 Å². The van der Waals surface area contributed by atoms with Crippen molar-refractivity contribution >= 4 is 29.5 Å². The van der Waals surface area contributed by atoms with Gasteiger partial charge in [0.1, 0.15) is 10.6 Å². The molecule has 3 N–H and O–H groups in total. The summed E-state index contributed by atoms with van der Waals surface area (Å²) in [6.07, 6.45) is 3.32. The molecule has 2 aromatic heterocycles. The van der Waals surface area contributed by atoms with E-state index in [1.54, 1.807) is 12.3 Å². The quantitative estimate of drug-likeness (QED) is 0.801. The van der Waals surface area contributed by atoms with Crippen molar-refractivity contribution in [2.75, 3.05) is 0 Å². The first kappa shape index (κ1) is 10.7. The van der Waals surface area contributed by atoms with Crippen molar-refractivity contribution in [2.45, 2.75) is 5.03 Å². The molecule has 5 nitrogen and oxygen atoms in total. The first-order chi connectivity index (χ1) is 7.25. The van der Waals surface area contributed by atoms with E-state index in [2.05, 4.69) is 4.98 Å². The van der Waals surface area contributed by atoms with Gasteiger partial charge in [-0.2, -0.15) is 0 Å². The van der Waals surface area contributed by atoms with E-state index < -0.39 is 5.97 Å². The highest BCUT2D eigenvalue weighted by molar-refractivity contribution is 8.04. The molecule has 1 aliphatic rings. The summed E-state index contributed by atoms with van der Waals surface area (Å²) in [6.45, 7) is 0. The third-order valence-corrected chi connectivity index (χ3v) is 3.27. The van der Waals surface area contributed by atoms with E-state index in [4.69, 9.17) is 5.11 Å². The van der Waals surface area contributed by atoms with E-state index >= 15 is 0 Å². The smallest absolute Gasteiger partial charge is 0.342 e. The zero-order valence-electron chi connectivity index (χ0n) is 8.04. The van der Waals surface area contributed by atoms with Crippen molar-refractivity contribution < 1.29 is 15.4 Å². The number of thioether (sulfide) groups is 1. The van der Waals surface area contributed by atoms with Crippen LogP contribution in [-0.4, -0.2) is 25.9 Å². The van der Waals surface area contributed by atoms with Crippen LogP contribution in [0.2, 0.25) is 0 Å². The van der Waals surface area contributed by atoms with Crippen LogP contribution < -0.4 is 0 Å². The van der Waals surface area contributed by atoms with Gasteiger partial charge in [-0.25, -0.2) is 9.78 Å². The van der Waals surface area contributed by atoms with Gasteiger partial charge in [0.05, 0.1) is 16.9 Å². The molecule has 0 saturated carbocycles. The van der Waals surface area contributed by atoms with Gasteiger partial charge in [0.2, 0.25) is 0 Å². The zero-order valence-corrected chi connectivity index (χ0v) is 8.86. The van der Waals surface area contributed by atoms with Crippen LogP contribution in [-0.2, 0) is 4.79 Å². The van der Waals surface area contributed by atoms with Crippen molar-refractivity contribution in [3.8, 4) is 0 Å². The van der Waals surface area contributed by atoms with E-state index in [1.165, 1.54) is 11.8 Å². The molecule has 1 aliphatic heterocycles. The van der Waals surface area contributed by atoms with Gasteiger partial charge >= 0.3 is 5.97 Å². The van der Waals surface area contributed by atoms with E-state index in [-0.39, 0.29) is 5.48 Å². The monoisotopic (exact) mass is 236 g/mol. The predicted molar refractivity (Wildman–Crippen MR) is 60.3 cm³/mol. The SMILES string of the molecule is O.O=C(O)C1=Cc2cnc3cccc(n23)S1. The van der Waals surface area contributed by atoms with Crippen LogP contribution in [0.15, 0.2) is 34.3 Å². The molecule has 0 saturated heterocycles. The molecule has 0 amide bonds. The van der Waals surface area contributed by atoms with Gasteiger partial charge in [0.25, 0.3) is 0 Å². The third-order valence-electron chi connectivity index (χ3n) is 2.23. The number of rotatable bonds is 1. The summed E-state index contributed by atoms with van der Waals surface area (Å²) < 4.78 is 1.94. The Kier molecular flexibility index (Phi) is 2.45. The molecular formula is C10H8N2O3S. The fraction of sp³-hybridized carbons (Fsp3) is 0. The number of aliphatic carboxylic acids is 1. The predicted octanol–water partition coefficient (Wildman–Crippen LogP) is 1.04. The maximum Gasteiger partial charge on any atom is 0.342 e. The molecule has 3 rings (SSSR count). The molecule has 6 heteroatoms. The van der Waals surface area contributed by atoms with E-state index in [0.717, 1.165) is 16.4 Å². The molecule has 82 valence electrons. The number of hydrogen-bond acceptors (Lipinski definition) is 3. The zero-order chi connectivity index (χ0) is 10.4. The van der Waals surface area contributed by atoms with Gasteiger partial charge in [0, 0.05) is 0 Å². The molecule has 16 heavy (non-hydrogen) atoms. The summed E-state index contributed by atoms with van der Waals surface area (Å²) >= 11 is 1.25. The topological polar surface area (TPSA) is 86.1 Å². The standard InChI is InChI=1S/C10H6N2O2S.H2O/c13-10(14)7-4-6-5-11-8-2-1-3-9(15-7)12(6)8;/h1-5H,(H,13,14);1H2. The second-order valence-corrected chi connectivity index (χ2v) is 4.22. The lowest BCUT2D eigenvalue weighted by Crippen LogP contribution is -2.03. The summed E-state index contributed by atoms with van der Waals surface area (Å²) in [5.74, 6) is -0.899. The average molecular weight is 236 g/mol. The summed E-state index contributed by atoms with van der Waals surface area (Å²) in [7, 11) is 0. The number of imidazole rings is 1. The van der Waals surface area contributed by atoms with Crippen LogP contribution in [0, 0.1) is 0 Å². The fourth-order valence-corrected chi connectivity index (χ4v) is 2.52. The lowest BCUT2D eigenvalue weighted by molar-refractivity contribution is -0.131. The molecular weight excluding hydrogens is 228 g/mol. The number of carboxylic acids is 1. The summed E-state index contributed by atoms with van der Waals surface area (Å²) in [6, 6.07) is 5.66. The number of pyridine rings is 1. The number of hydrogen-bond donors (Lipinski definition) is 1. The van der Waals surface area contributed by atoms with Gasteiger partial charge in [-0.15, -0.1) is 0 Å². The van der Waals surface area contributed by atoms with Gasteiger partial charge < -0.3 is 10.6 Å². The lowest BCUT2D eigenvalue weighted by atomic mass is 10.4. The molecule has 0 spiro atoms. The third kappa shape index (κ3) is 1.39. The Bertz CT molecular complexity index is 603. The minimum atomic E-state index is -0.899. The fourth-order valence-electron chi connectivity index (χ4n) is 1.59. The largest absolute Gasteiger partial charge is 0.477 e. The van der Waals surface area contributed by atoms with Gasteiger partial charge in [-0.3, -0.25) is 4.40 Å². The first-order valence-electron chi connectivity index (χ1n) is 4.35. The number of aromatic nitrogens is 2. The molecule has 0 atom stereocenters. The molecule has 0 fully saturated rings. The van der Waals surface area contributed by atoms with Crippen molar-refractivity contribution in [3.63, 3.8) is 0 Å². The Hall–Kier alpha value is -1.79. The van der Waals surface area contributed by atoms with E-state index in [0.29, 0.717) is 4.91 Å². The van der Waals surface area contributed by atoms with Gasteiger partial charge in [-0.1, -0.05) is 17.8 Å². The summed E-state index contributed by atoms with van der Waals surface area (Å²) in [5.41, 5.74) is 1.66. The minimum Gasteiger partial charge on any atom is -0.477 e. The normalized spacial score (nSPS) is 13.1. The maximum absolute atomic E-state index is 10.9. The van der Waals surface area contributed by atoms with Crippen LogP contribution in [0.1, 0.15) is 5.69 Å². The lowest BCUT2D eigenvalue weighted by Gasteiger charge is -2.11. The Labute approximate surface area is 94.7 Å². The molecule has 3 heterocycles. The molecule has 0 aromatic carbocycles. The molecule has 0 unspecified atom stereocenters. The maximum atomic E-state index is 10.9. The summed E-state index contributed by atoms with van der Waals surface area (Å²) in [4.78, 5) is 15.4. The van der Waals surface area contributed by atoms with Gasteiger partial charge in [0.15, 0.2) is 0 Å². The number of carbonyl (C=O) groups is 1. The Morgan fingerprint density at radius 2 is 2.25 bits per heavy atom. The van der Waals surface area contributed by atoms with Crippen molar-refractivity contribution in [3.05, 3.63) is 35.0 Å². The average Bonchev–Trinajstić information content (AvgIpc) is 2.64. The molecule has 2 aromatic rings.